The molecule has 0 aliphatic heterocycles. The lowest BCUT2D eigenvalue weighted by molar-refractivity contribution is 0.557. The van der Waals surface area contributed by atoms with E-state index in [-0.39, 0.29) is 0 Å². The quantitative estimate of drug-likeness (QED) is 0.888. The summed E-state index contributed by atoms with van der Waals surface area (Å²) in [5.74, 6) is 0.966. The summed E-state index contributed by atoms with van der Waals surface area (Å²) in [5.41, 5.74) is 2.41. The van der Waals surface area contributed by atoms with Gasteiger partial charge in [0.05, 0.1) is 11.9 Å². The fourth-order valence-corrected chi connectivity index (χ4v) is 2.04. The van der Waals surface area contributed by atoms with Crippen LogP contribution in [0.1, 0.15) is 24.2 Å². The monoisotopic (exact) mass is 259 g/mol. The van der Waals surface area contributed by atoms with E-state index in [1.165, 1.54) is 11.3 Å². The normalized spacial score (nSPS) is 12.4. The first-order valence-electron chi connectivity index (χ1n) is 6.41. The van der Waals surface area contributed by atoms with Crippen molar-refractivity contribution in [2.75, 3.05) is 19.0 Å². The third kappa shape index (κ3) is 3.12. The van der Waals surface area contributed by atoms with Crippen LogP contribution in [0.3, 0.4) is 0 Å². The molecule has 2 aromatic heterocycles. The number of pyridine rings is 1. The van der Waals surface area contributed by atoms with Crippen molar-refractivity contribution >= 4 is 5.95 Å². The van der Waals surface area contributed by atoms with Crippen LogP contribution < -0.4 is 10.2 Å². The highest BCUT2D eigenvalue weighted by molar-refractivity contribution is 5.31. The summed E-state index contributed by atoms with van der Waals surface area (Å²) in [6, 6.07) is 4.36. The largest absolute Gasteiger partial charge is 0.348 e. The lowest BCUT2D eigenvalue weighted by Gasteiger charge is -2.16. The third-order valence-corrected chi connectivity index (χ3v) is 3.26. The number of nitrogens with zero attached hydrogens (tertiary/aromatic N) is 4. The lowest BCUT2D eigenvalue weighted by atomic mass is 10.1. The Balaban J connectivity index is 1.99. The van der Waals surface area contributed by atoms with Crippen LogP contribution in [0.2, 0.25) is 0 Å². The van der Waals surface area contributed by atoms with Crippen LogP contribution >= 0.6 is 0 Å². The number of hydrogen-bond donors (Lipinski definition) is 1. The lowest BCUT2D eigenvalue weighted by Crippen LogP contribution is -2.20. The van der Waals surface area contributed by atoms with E-state index in [9.17, 15) is 0 Å². The van der Waals surface area contributed by atoms with Gasteiger partial charge in [0.2, 0.25) is 5.95 Å². The zero-order valence-electron chi connectivity index (χ0n) is 12.0. The Morgan fingerprint density at radius 3 is 2.58 bits per heavy atom. The van der Waals surface area contributed by atoms with Crippen LogP contribution in [0, 0.1) is 0 Å². The van der Waals surface area contributed by atoms with Crippen molar-refractivity contribution in [3.63, 3.8) is 0 Å². The van der Waals surface area contributed by atoms with Crippen LogP contribution in [-0.2, 0) is 13.6 Å². The SMILES string of the molecule is CC(NCc1cnc(N(C)C)n1C)c1ccncc1. The minimum absolute atomic E-state index is 0.292. The molecule has 0 radical (unpaired) electrons. The highest BCUT2D eigenvalue weighted by atomic mass is 15.3. The highest BCUT2D eigenvalue weighted by Crippen LogP contribution is 2.14. The topological polar surface area (TPSA) is 46.0 Å². The van der Waals surface area contributed by atoms with Gasteiger partial charge in [0, 0.05) is 46.1 Å². The Kier molecular flexibility index (Phi) is 4.16. The smallest absolute Gasteiger partial charge is 0.204 e. The van der Waals surface area contributed by atoms with Gasteiger partial charge in [-0.15, -0.1) is 0 Å². The molecule has 0 aliphatic rings. The van der Waals surface area contributed by atoms with Crippen LogP contribution in [0.25, 0.3) is 0 Å². The van der Waals surface area contributed by atoms with E-state index in [1.54, 1.807) is 0 Å². The summed E-state index contributed by atoms with van der Waals surface area (Å²) in [7, 11) is 6.04. The highest BCUT2D eigenvalue weighted by Gasteiger charge is 2.09. The Hall–Kier alpha value is -1.88. The van der Waals surface area contributed by atoms with Crippen molar-refractivity contribution in [3.05, 3.63) is 42.0 Å². The molecule has 0 aliphatic carbocycles. The Labute approximate surface area is 114 Å². The van der Waals surface area contributed by atoms with Crippen molar-refractivity contribution in [1.29, 1.82) is 0 Å². The van der Waals surface area contributed by atoms with E-state index in [1.807, 2.05) is 56.8 Å². The van der Waals surface area contributed by atoms with Gasteiger partial charge < -0.3 is 14.8 Å². The summed E-state index contributed by atoms with van der Waals surface area (Å²) in [4.78, 5) is 10.5. The zero-order valence-corrected chi connectivity index (χ0v) is 12.0. The van der Waals surface area contributed by atoms with Crippen molar-refractivity contribution < 1.29 is 0 Å². The molecule has 0 saturated carbocycles. The first-order chi connectivity index (χ1) is 9.09. The number of rotatable bonds is 5. The number of hydrogen-bond acceptors (Lipinski definition) is 4. The Morgan fingerprint density at radius 1 is 1.32 bits per heavy atom. The maximum atomic E-state index is 4.40. The van der Waals surface area contributed by atoms with E-state index < -0.39 is 0 Å². The molecule has 1 unspecified atom stereocenters. The predicted molar refractivity (Wildman–Crippen MR) is 77.0 cm³/mol. The van der Waals surface area contributed by atoms with Gasteiger partial charge in [0.15, 0.2) is 0 Å². The van der Waals surface area contributed by atoms with Crippen LogP contribution in [0.15, 0.2) is 30.7 Å². The molecule has 19 heavy (non-hydrogen) atoms. The molecule has 0 fully saturated rings. The van der Waals surface area contributed by atoms with Gasteiger partial charge in [-0.3, -0.25) is 4.98 Å². The summed E-state index contributed by atoms with van der Waals surface area (Å²) >= 11 is 0. The molecule has 5 nitrogen and oxygen atoms in total. The van der Waals surface area contributed by atoms with Crippen LogP contribution in [-0.4, -0.2) is 28.6 Å². The van der Waals surface area contributed by atoms with Crippen LogP contribution in [0.5, 0.6) is 0 Å². The molecule has 0 bridgehead atoms. The van der Waals surface area contributed by atoms with E-state index in [4.69, 9.17) is 0 Å². The molecule has 0 spiro atoms. The number of aromatic nitrogens is 3. The molecule has 2 rings (SSSR count). The standard InChI is InChI=1S/C14H21N5/c1-11(12-5-7-15-8-6-12)16-9-13-10-17-14(18(2)3)19(13)4/h5-8,10-11,16H,9H2,1-4H3. The van der Waals surface area contributed by atoms with Gasteiger partial charge in [0.25, 0.3) is 0 Å². The van der Waals surface area contributed by atoms with Gasteiger partial charge in [-0.1, -0.05) is 0 Å². The molecule has 2 aromatic rings. The molecule has 1 N–H and O–H groups in total. The van der Waals surface area contributed by atoms with Crippen LogP contribution in [0.4, 0.5) is 5.95 Å². The van der Waals surface area contributed by atoms with Crippen molar-refractivity contribution in [3.8, 4) is 0 Å². The third-order valence-electron chi connectivity index (χ3n) is 3.26. The summed E-state index contributed by atoms with van der Waals surface area (Å²) < 4.78 is 2.10. The fraction of sp³-hybridized carbons (Fsp3) is 0.429. The molecule has 0 amide bonds. The molecular formula is C14H21N5. The second-order valence-electron chi connectivity index (χ2n) is 4.89. The molecule has 102 valence electrons. The average molecular weight is 259 g/mol. The van der Waals surface area contributed by atoms with Gasteiger partial charge in [-0.25, -0.2) is 4.98 Å². The predicted octanol–water partition coefficient (Wildman–Crippen LogP) is 1.73. The van der Waals surface area contributed by atoms with E-state index >= 15 is 0 Å². The number of anilines is 1. The molecular weight excluding hydrogens is 238 g/mol. The minimum atomic E-state index is 0.292. The van der Waals surface area contributed by atoms with Crippen molar-refractivity contribution in [2.45, 2.75) is 19.5 Å². The molecule has 5 heteroatoms. The second-order valence-corrected chi connectivity index (χ2v) is 4.89. The zero-order chi connectivity index (χ0) is 13.8. The molecule has 1 atom stereocenters. The summed E-state index contributed by atoms with van der Waals surface area (Å²) in [5, 5.41) is 3.50. The van der Waals surface area contributed by atoms with Gasteiger partial charge >= 0.3 is 0 Å². The summed E-state index contributed by atoms with van der Waals surface area (Å²) in [6.45, 7) is 2.94. The van der Waals surface area contributed by atoms with E-state index in [0.29, 0.717) is 6.04 Å². The van der Waals surface area contributed by atoms with Gasteiger partial charge in [-0.05, 0) is 24.6 Å². The Bertz CT molecular complexity index is 518. The minimum Gasteiger partial charge on any atom is -0.348 e. The maximum absolute atomic E-state index is 4.40. The fourth-order valence-electron chi connectivity index (χ4n) is 2.04. The molecule has 0 saturated heterocycles. The first-order valence-corrected chi connectivity index (χ1v) is 6.41. The molecule has 2 heterocycles. The maximum Gasteiger partial charge on any atom is 0.204 e. The van der Waals surface area contributed by atoms with Gasteiger partial charge in [0.1, 0.15) is 0 Å². The second kappa shape index (κ2) is 5.84. The van der Waals surface area contributed by atoms with Crippen molar-refractivity contribution in [1.82, 2.24) is 19.9 Å². The van der Waals surface area contributed by atoms with Crippen molar-refractivity contribution in [2.24, 2.45) is 7.05 Å². The Morgan fingerprint density at radius 2 is 2.00 bits per heavy atom. The average Bonchev–Trinajstić information content (AvgIpc) is 2.78. The van der Waals surface area contributed by atoms with E-state index in [2.05, 4.69) is 26.8 Å². The number of nitrogens with one attached hydrogen (secondary N) is 1. The first kappa shape index (κ1) is 13.5. The molecule has 0 aromatic carbocycles. The van der Waals surface area contributed by atoms with Gasteiger partial charge in [-0.2, -0.15) is 0 Å². The van der Waals surface area contributed by atoms with E-state index in [0.717, 1.165) is 12.5 Å². The number of imidazole rings is 1. The summed E-state index contributed by atoms with van der Waals surface area (Å²) in [6.07, 6.45) is 5.56.